The molecule has 0 radical (unpaired) electrons. The number of hydrogen-bond acceptors (Lipinski definition) is 3. The molecular weight excluding hydrogens is 410 g/mol. The Balaban J connectivity index is 1.82. The molecule has 148 valence electrons. The molecule has 0 aliphatic carbocycles. The van der Waals surface area contributed by atoms with Crippen molar-refractivity contribution in [3.63, 3.8) is 0 Å². The number of hydrogen-bond donors (Lipinski definition) is 2. The monoisotopic (exact) mass is 420 g/mol. The molecule has 0 saturated heterocycles. The van der Waals surface area contributed by atoms with Crippen molar-refractivity contribution in [1.82, 2.24) is 0 Å². The summed E-state index contributed by atoms with van der Waals surface area (Å²) in [7, 11) is 0. The summed E-state index contributed by atoms with van der Waals surface area (Å²) in [6, 6.07) is 5.62. The van der Waals surface area contributed by atoms with E-state index in [4.69, 9.17) is 17.0 Å². The zero-order valence-corrected chi connectivity index (χ0v) is 14.5. The highest BCUT2D eigenvalue weighted by Gasteiger charge is 2.37. The van der Waals surface area contributed by atoms with Gasteiger partial charge in [-0.2, -0.15) is 26.3 Å². The number of fused-ring (bicyclic) bond motifs is 1. The summed E-state index contributed by atoms with van der Waals surface area (Å²) in [5.74, 6) is -0.537. The van der Waals surface area contributed by atoms with Crippen LogP contribution in [-0.4, -0.2) is 11.1 Å². The smallest absolute Gasteiger partial charge is 0.416 e. The Morgan fingerprint density at radius 1 is 0.893 bits per heavy atom. The minimum Gasteiger partial charge on any atom is -0.457 e. The predicted molar refractivity (Wildman–Crippen MR) is 91.9 cm³/mol. The topological polar surface area (TPSA) is 50.4 Å². The molecule has 1 aliphatic rings. The van der Waals surface area contributed by atoms with Crippen LogP contribution in [0.3, 0.4) is 0 Å². The molecule has 11 heteroatoms. The van der Waals surface area contributed by atoms with E-state index < -0.39 is 35.1 Å². The van der Waals surface area contributed by atoms with Gasteiger partial charge in [0.15, 0.2) is 5.11 Å². The maximum atomic E-state index is 12.9. The molecule has 0 atom stereocenters. The quantitative estimate of drug-likeness (QED) is 0.397. The van der Waals surface area contributed by atoms with Crippen LogP contribution in [0.15, 0.2) is 36.4 Å². The lowest BCUT2D eigenvalue weighted by Gasteiger charge is -2.16. The molecule has 1 heterocycles. The zero-order chi connectivity index (χ0) is 20.7. The van der Waals surface area contributed by atoms with Gasteiger partial charge in [0.1, 0.15) is 6.61 Å². The first-order valence-corrected chi connectivity index (χ1v) is 8.02. The van der Waals surface area contributed by atoms with Crippen molar-refractivity contribution in [2.45, 2.75) is 19.0 Å². The van der Waals surface area contributed by atoms with Crippen LogP contribution >= 0.6 is 12.2 Å². The third-order valence-corrected chi connectivity index (χ3v) is 4.00. The van der Waals surface area contributed by atoms with Crippen molar-refractivity contribution >= 4 is 34.7 Å². The molecule has 0 saturated carbocycles. The number of carbonyl (C=O) groups is 1. The summed E-state index contributed by atoms with van der Waals surface area (Å²) in [6.07, 6.45) is -9.93. The minimum absolute atomic E-state index is 0.0216. The molecule has 0 bridgehead atoms. The second-order valence-corrected chi connectivity index (χ2v) is 6.23. The summed E-state index contributed by atoms with van der Waals surface area (Å²) in [5.41, 5.74) is -2.15. The second-order valence-electron chi connectivity index (χ2n) is 5.82. The van der Waals surface area contributed by atoms with Crippen LogP contribution in [0.1, 0.15) is 27.0 Å². The van der Waals surface area contributed by atoms with Crippen molar-refractivity contribution < 1.29 is 35.9 Å². The highest BCUT2D eigenvalue weighted by Crippen LogP contribution is 2.37. The van der Waals surface area contributed by atoms with Gasteiger partial charge >= 0.3 is 18.3 Å². The van der Waals surface area contributed by atoms with E-state index in [0.29, 0.717) is 28.9 Å². The van der Waals surface area contributed by atoms with Crippen LogP contribution in [-0.2, 0) is 23.7 Å². The molecule has 2 aromatic rings. The fraction of sp³-hybridized carbons (Fsp3) is 0.176. The molecular formula is C17H10F6N2O2S. The van der Waals surface area contributed by atoms with Gasteiger partial charge in [-0.05, 0) is 42.5 Å². The first-order valence-electron chi connectivity index (χ1n) is 7.61. The van der Waals surface area contributed by atoms with Crippen molar-refractivity contribution in [1.29, 1.82) is 0 Å². The number of benzene rings is 2. The summed E-state index contributed by atoms with van der Waals surface area (Å²) in [4.78, 5) is 11.5. The highest BCUT2D eigenvalue weighted by molar-refractivity contribution is 7.80. The number of ether oxygens (including phenoxy) is 1. The normalized spacial score (nSPS) is 13.7. The number of halogens is 6. The van der Waals surface area contributed by atoms with Crippen LogP contribution in [0, 0.1) is 0 Å². The third kappa shape index (κ3) is 4.35. The first-order chi connectivity index (χ1) is 12.9. The van der Waals surface area contributed by atoms with E-state index in [0.717, 1.165) is 0 Å². The van der Waals surface area contributed by atoms with Crippen LogP contribution in [0.25, 0.3) is 0 Å². The van der Waals surface area contributed by atoms with E-state index in [1.807, 2.05) is 0 Å². The molecule has 2 N–H and O–H groups in total. The number of esters is 1. The van der Waals surface area contributed by atoms with Gasteiger partial charge in [-0.1, -0.05) is 6.07 Å². The molecule has 0 fully saturated rings. The van der Waals surface area contributed by atoms with E-state index in [-0.39, 0.29) is 17.8 Å². The number of nitrogens with one attached hydrogen (secondary N) is 2. The molecule has 0 aromatic heterocycles. The van der Waals surface area contributed by atoms with E-state index in [9.17, 15) is 31.1 Å². The van der Waals surface area contributed by atoms with Crippen molar-refractivity contribution in [3.8, 4) is 0 Å². The molecule has 4 nitrogen and oxygen atoms in total. The largest absolute Gasteiger partial charge is 0.457 e. The number of thiocarbonyl (C=S) groups is 1. The molecule has 0 unspecified atom stereocenters. The van der Waals surface area contributed by atoms with Gasteiger partial charge in [-0.25, -0.2) is 4.79 Å². The molecule has 1 aliphatic heterocycles. The summed E-state index contributed by atoms with van der Waals surface area (Å²) >= 11 is 4.95. The van der Waals surface area contributed by atoms with Crippen LogP contribution < -0.4 is 10.6 Å². The van der Waals surface area contributed by atoms with Gasteiger partial charge in [-0.15, -0.1) is 0 Å². The fourth-order valence-electron chi connectivity index (χ4n) is 2.51. The highest BCUT2D eigenvalue weighted by atomic mass is 32.1. The van der Waals surface area contributed by atoms with Gasteiger partial charge in [0.2, 0.25) is 0 Å². The Morgan fingerprint density at radius 3 is 2.04 bits per heavy atom. The van der Waals surface area contributed by atoms with Crippen LogP contribution in [0.2, 0.25) is 0 Å². The zero-order valence-electron chi connectivity index (χ0n) is 13.7. The van der Waals surface area contributed by atoms with Crippen LogP contribution in [0.4, 0.5) is 37.7 Å². The Morgan fingerprint density at radius 2 is 1.46 bits per heavy atom. The molecule has 0 amide bonds. The van der Waals surface area contributed by atoms with E-state index in [2.05, 4.69) is 10.6 Å². The maximum Gasteiger partial charge on any atom is 0.416 e. The fourth-order valence-corrected chi connectivity index (χ4v) is 2.75. The van der Waals surface area contributed by atoms with Crippen molar-refractivity contribution in [3.05, 3.63) is 58.7 Å². The van der Waals surface area contributed by atoms with E-state index >= 15 is 0 Å². The molecule has 0 spiro atoms. The average Bonchev–Trinajstić information content (AvgIpc) is 2.94. The molecule has 28 heavy (non-hydrogen) atoms. The van der Waals surface area contributed by atoms with Gasteiger partial charge in [0.05, 0.1) is 16.7 Å². The second kappa shape index (κ2) is 6.97. The van der Waals surface area contributed by atoms with Gasteiger partial charge < -0.3 is 15.4 Å². The summed E-state index contributed by atoms with van der Waals surface area (Å²) < 4.78 is 82.2. The van der Waals surface area contributed by atoms with E-state index in [1.165, 1.54) is 6.07 Å². The maximum absolute atomic E-state index is 12.9. The number of rotatable bonds is 2. The molecule has 3 rings (SSSR count). The number of alkyl halides is 6. The third-order valence-electron chi connectivity index (χ3n) is 3.79. The summed E-state index contributed by atoms with van der Waals surface area (Å²) in [5, 5.41) is 4.65. The van der Waals surface area contributed by atoms with Crippen LogP contribution in [0.5, 0.6) is 0 Å². The lowest BCUT2D eigenvalue weighted by atomic mass is 10.1. The predicted octanol–water partition coefficient (Wildman–Crippen LogP) is 5.20. The SMILES string of the molecule is O=C1OCc2ccc(NC(=S)Nc3cc(C(F)(F)F)cc(C(F)(F)F)c3)cc21. The first kappa shape index (κ1) is 19.9. The Hall–Kier alpha value is -2.82. The summed E-state index contributed by atoms with van der Waals surface area (Å²) in [6.45, 7) is 0.127. The number of anilines is 2. The van der Waals surface area contributed by atoms with Gasteiger partial charge in [0.25, 0.3) is 0 Å². The average molecular weight is 420 g/mol. The lowest BCUT2D eigenvalue weighted by Crippen LogP contribution is -2.20. The Labute approximate surface area is 159 Å². The Bertz CT molecular complexity index is 923. The standard InChI is InChI=1S/C17H10F6N2O2S/c18-16(19,20)9-3-10(17(21,22)23)5-12(4-9)25-15(28)24-11-2-1-8-7-27-14(26)13(8)6-11/h1-6H,7H2,(H2,24,25,28). The van der Waals surface area contributed by atoms with Crippen molar-refractivity contribution in [2.75, 3.05) is 10.6 Å². The molecule has 2 aromatic carbocycles. The number of carbonyl (C=O) groups excluding carboxylic acids is 1. The number of cyclic esters (lactones) is 1. The van der Waals surface area contributed by atoms with Gasteiger partial charge in [-0.3, -0.25) is 0 Å². The van der Waals surface area contributed by atoms with E-state index in [1.54, 1.807) is 12.1 Å². The van der Waals surface area contributed by atoms with Crippen molar-refractivity contribution in [2.24, 2.45) is 0 Å². The minimum atomic E-state index is -4.97. The lowest BCUT2D eigenvalue weighted by molar-refractivity contribution is -0.143. The van der Waals surface area contributed by atoms with Gasteiger partial charge in [0, 0.05) is 16.9 Å². The Kier molecular flexibility index (Phi) is 4.96.